The average molecular weight is 373 g/mol. The van der Waals surface area contributed by atoms with E-state index in [-0.39, 0.29) is 18.1 Å². The van der Waals surface area contributed by atoms with Gasteiger partial charge in [-0.05, 0) is 31.2 Å². The normalized spacial score (nSPS) is 10.4. The third kappa shape index (κ3) is 4.99. The van der Waals surface area contributed by atoms with Crippen molar-refractivity contribution in [3.8, 4) is 11.8 Å². The molecule has 1 aromatic heterocycles. The van der Waals surface area contributed by atoms with Crippen molar-refractivity contribution in [3.63, 3.8) is 0 Å². The maximum absolute atomic E-state index is 12.7. The summed E-state index contributed by atoms with van der Waals surface area (Å²) in [5.74, 6) is 1.79. The van der Waals surface area contributed by atoms with Crippen molar-refractivity contribution in [1.29, 1.82) is 5.26 Å². The second-order valence-corrected chi connectivity index (χ2v) is 6.42. The van der Waals surface area contributed by atoms with Gasteiger partial charge in [-0.1, -0.05) is 18.7 Å². The summed E-state index contributed by atoms with van der Waals surface area (Å²) >= 11 is 1.35. The first-order valence-electron chi connectivity index (χ1n) is 8.51. The molecule has 0 saturated heterocycles. The molecule has 7 nitrogen and oxygen atoms in total. The van der Waals surface area contributed by atoms with Crippen molar-refractivity contribution in [2.24, 2.45) is 7.05 Å². The summed E-state index contributed by atoms with van der Waals surface area (Å²) < 4.78 is 7.33. The molecule has 138 valence electrons. The largest absolute Gasteiger partial charge is 0.494 e. The van der Waals surface area contributed by atoms with Crippen molar-refractivity contribution in [2.75, 3.05) is 23.8 Å². The van der Waals surface area contributed by atoms with E-state index in [0.29, 0.717) is 18.3 Å². The molecule has 2 rings (SSSR count). The van der Waals surface area contributed by atoms with E-state index >= 15 is 0 Å². The van der Waals surface area contributed by atoms with Crippen molar-refractivity contribution < 1.29 is 9.53 Å². The topological polar surface area (TPSA) is 84.0 Å². The standard InChI is InChI=1S/C18H23N5O2S/c1-4-16-20-21-18(22(16)3)26-13-17(24)23(12-6-11-19)14-7-9-15(10-8-14)25-5-2/h7-10H,4-6,12-13H2,1-3H3. The van der Waals surface area contributed by atoms with Crippen LogP contribution in [0.2, 0.25) is 0 Å². The molecule has 0 aliphatic carbocycles. The molecule has 0 spiro atoms. The highest BCUT2D eigenvalue weighted by Gasteiger charge is 2.18. The fourth-order valence-corrected chi connectivity index (χ4v) is 3.24. The highest BCUT2D eigenvalue weighted by atomic mass is 32.2. The Labute approximate surface area is 158 Å². The number of aromatic nitrogens is 3. The zero-order chi connectivity index (χ0) is 18.9. The van der Waals surface area contributed by atoms with Crippen LogP contribution in [-0.2, 0) is 18.3 Å². The van der Waals surface area contributed by atoms with E-state index in [4.69, 9.17) is 10.00 Å². The number of benzene rings is 1. The first kappa shape index (κ1) is 19.8. The minimum absolute atomic E-state index is 0.0736. The summed E-state index contributed by atoms with van der Waals surface area (Å²) in [7, 11) is 1.89. The summed E-state index contributed by atoms with van der Waals surface area (Å²) in [5, 5.41) is 17.8. The van der Waals surface area contributed by atoms with E-state index in [9.17, 15) is 4.79 Å². The minimum Gasteiger partial charge on any atom is -0.494 e. The highest BCUT2D eigenvalue weighted by molar-refractivity contribution is 7.99. The first-order chi connectivity index (χ1) is 12.6. The molecule has 0 aliphatic heterocycles. The van der Waals surface area contributed by atoms with Crippen LogP contribution in [0.3, 0.4) is 0 Å². The summed E-state index contributed by atoms with van der Waals surface area (Å²) in [6.07, 6.45) is 1.06. The molecular formula is C18H23N5O2S. The van der Waals surface area contributed by atoms with Gasteiger partial charge >= 0.3 is 0 Å². The van der Waals surface area contributed by atoms with Crippen LogP contribution in [0.25, 0.3) is 0 Å². The maximum atomic E-state index is 12.7. The monoisotopic (exact) mass is 373 g/mol. The van der Waals surface area contributed by atoms with Crippen LogP contribution in [0, 0.1) is 11.3 Å². The van der Waals surface area contributed by atoms with Gasteiger partial charge in [0.15, 0.2) is 5.16 Å². The Morgan fingerprint density at radius 1 is 1.31 bits per heavy atom. The molecule has 8 heteroatoms. The molecule has 1 heterocycles. The quantitative estimate of drug-likeness (QED) is 0.629. The number of rotatable bonds is 9. The average Bonchev–Trinajstić information content (AvgIpc) is 3.01. The molecule has 0 radical (unpaired) electrons. The molecular weight excluding hydrogens is 350 g/mol. The number of anilines is 1. The highest BCUT2D eigenvalue weighted by Crippen LogP contribution is 2.22. The van der Waals surface area contributed by atoms with E-state index in [2.05, 4.69) is 16.3 Å². The predicted octanol–water partition coefficient (Wildman–Crippen LogP) is 2.82. The lowest BCUT2D eigenvalue weighted by atomic mass is 10.2. The van der Waals surface area contributed by atoms with Crippen molar-refractivity contribution in [1.82, 2.24) is 14.8 Å². The number of nitriles is 1. The third-order valence-corrected chi connectivity index (χ3v) is 4.78. The summed E-state index contributed by atoms with van der Waals surface area (Å²) in [6.45, 7) is 4.87. The predicted molar refractivity (Wildman–Crippen MR) is 101 cm³/mol. The molecule has 0 atom stereocenters. The lowest BCUT2D eigenvalue weighted by Gasteiger charge is -2.22. The molecule has 0 fully saturated rings. The number of hydrogen-bond donors (Lipinski definition) is 0. The summed E-state index contributed by atoms with van der Waals surface area (Å²) in [6, 6.07) is 9.42. The van der Waals surface area contributed by atoms with Gasteiger partial charge in [-0.15, -0.1) is 10.2 Å². The number of ether oxygens (including phenoxy) is 1. The van der Waals surface area contributed by atoms with Gasteiger partial charge in [0.2, 0.25) is 5.91 Å². The maximum Gasteiger partial charge on any atom is 0.237 e. The van der Waals surface area contributed by atoms with Gasteiger partial charge in [0, 0.05) is 25.7 Å². The van der Waals surface area contributed by atoms with E-state index in [1.54, 1.807) is 4.90 Å². The number of nitrogens with zero attached hydrogens (tertiary/aromatic N) is 5. The minimum atomic E-state index is -0.0736. The van der Waals surface area contributed by atoms with Crippen LogP contribution < -0.4 is 9.64 Å². The van der Waals surface area contributed by atoms with Crippen molar-refractivity contribution in [2.45, 2.75) is 31.8 Å². The van der Waals surface area contributed by atoms with E-state index in [1.165, 1.54) is 11.8 Å². The second-order valence-electron chi connectivity index (χ2n) is 5.48. The van der Waals surface area contributed by atoms with Crippen LogP contribution >= 0.6 is 11.8 Å². The Hall–Kier alpha value is -2.53. The van der Waals surface area contributed by atoms with Gasteiger partial charge < -0.3 is 14.2 Å². The van der Waals surface area contributed by atoms with Gasteiger partial charge in [-0.25, -0.2) is 0 Å². The fourth-order valence-electron chi connectivity index (χ4n) is 2.43. The summed E-state index contributed by atoms with van der Waals surface area (Å²) in [5.41, 5.74) is 0.751. The zero-order valence-electron chi connectivity index (χ0n) is 15.3. The van der Waals surface area contributed by atoms with E-state index in [1.807, 2.05) is 49.7 Å². The smallest absolute Gasteiger partial charge is 0.237 e. The second kappa shape index (κ2) is 9.82. The van der Waals surface area contributed by atoms with Crippen molar-refractivity contribution in [3.05, 3.63) is 30.1 Å². The van der Waals surface area contributed by atoms with Crippen LogP contribution in [-0.4, -0.2) is 39.6 Å². The third-order valence-electron chi connectivity index (χ3n) is 3.77. The van der Waals surface area contributed by atoms with E-state index < -0.39 is 0 Å². The van der Waals surface area contributed by atoms with E-state index in [0.717, 1.165) is 23.7 Å². The number of thioether (sulfide) groups is 1. The molecule has 2 aromatic rings. The SMILES string of the molecule is CCOc1ccc(N(CCC#N)C(=O)CSc2nnc(CC)n2C)cc1. The number of hydrogen-bond acceptors (Lipinski definition) is 6. The Kier molecular flexibility index (Phi) is 7.48. The Morgan fingerprint density at radius 2 is 2.04 bits per heavy atom. The number of aryl methyl sites for hydroxylation is 1. The number of carbonyl (C=O) groups excluding carboxylic acids is 1. The van der Waals surface area contributed by atoms with Gasteiger partial charge in [-0.3, -0.25) is 4.79 Å². The Balaban J connectivity index is 2.08. The summed E-state index contributed by atoms with van der Waals surface area (Å²) in [4.78, 5) is 14.4. The lowest BCUT2D eigenvalue weighted by Crippen LogP contribution is -2.33. The molecule has 1 aromatic carbocycles. The molecule has 0 saturated carbocycles. The number of amides is 1. The lowest BCUT2D eigenvalue weighted by molar-refractivity contribution is -0.116. The molecule has 0 unspecified atom stereocenters. The van der Waals surface area contributed by atoms with Gasteiger partial charge in [0.05, 0.1) is 24.8 Å². The molecule has 0 N–H and O–H groups in total. The van der Waals surface area contributed by atoms with Gasteiger partial charge in [-0.2, -0.15) is 5.26 Å². The van der Waals surface area contributed by atoms with Crippen LogP contribution in [0.5, 0.6) is 5.75 Å². The Morgan fingerprint density at radius 3 is 2.62 bits per heavy atom. The molecule has 1 amide bonds. The van der Waals surface area contributed by atoms with Gasteiger partial charge in [0.25, 0.3) is 0 Å². The molecule has 26 heavy (non-hydrogen) atoms. The molecule has 0 aliphatic rings. The fraction of sp³-hybridized carbons (Fsp3) is 0.444. The van der Waals surface area contributed by atoms with Gasteiger partial charge in [0.1, 0.15) is 11.6 Å². The number of carbonyl (C=O) groups is 1. The zero-order valence-corrected chi connectivity index (χ0v) is 16.1. The Bertz CT molecular complexity index is 767. The molecule has 0 bridgehead atoms. The van der Waals surface area contributed by atoms with Crippen LogP contribution in [0.4, 0.5) is 5.69 Å². The first-order valence-corrected chi connectivity index (χ1v) is 9.50. The van der Waals surface area contributed by atoms with Crippen LogP contribution in [0.15, 0.2) is 29.4 Å². The van der Waals surface area contributed by atoms with Crippen molar-refractivity contribution >= 4 is 23.4 Å². The van der Waals surface area contributed by atoms with Crippen LogP contribution in [0.1, 0.15) is 26.1 Å².